The Hall–Kier alpha value is -0.430. The van der Waals surface area contributed by atoms with Crippen molar-refractivity contribution in [2.24, 2.45) is 11.8 Å². The van der Waals surface area contributed by atoms with E-state index in [1.807, 2.05) is 19.4 Å². The molecule has 0 aliphatic heterocycles. The second-order valence-electron chi connectivity index (χ2n) is 6.19. The van der Waals surface area contributed by atoms with Gasteiger partial charge in [-0.15, -0.1) is 11.3 Å². The molecule has 6 heteroatoms. The van der Waals surface area contributed by atoms with Gasteiger partial charge in [0.15, 0.2) is 0 Å². The topological polar surface area (TPSA) is 58.2 Å². The van der Waals surface area contributed by atoms with Crippen molar-refractivity contribution in [3.05, 3.63) is 15.8 Å². The number of hydrogen-bond donors (Lipinski definition) is 2. The Kier molecular flexibility index (Phi) is 5.82. The lowest BCUT2D eigenvalue weighted by atomic mass is 9.83. The molecule has 0 radical (unpaired) electrons. The number of aryl methyl sites for hydroxylation is 1. The largest absolute Gasteiger partial charge is 0.315 e. The van der Waals surface area contributed by atoms with Crippen LogP contribution in [0.4, 0.5) is 0 Å². The van der Waals surface area contributed by atoms with Gasteiger partial charge in [0.05, 0.1) is 0 Å². The van der Waals surface area contributed by atoms with Crippen molar-refractivity contribution in [2.45, 2.75) is 51.0 Å². The average molecular weight is 331 g/mol. The second-order valence-corrected chi connectivity index (χ2v) is 8.86. The van der Waals surface area contributed by atoms with E-state index < -0.39 is 10.0 Å². The highest BCUT2D eigenvalue weighted by molar-refractivity contribution is 7.89. The van der Waals surface area contributed by atoms with Gasteiger partial charge in [-0.2, -0.15) is 0 Å². The van der Waals surface area contributed by atoms with Crippen LogP contribution in [0.5, 0.6) is 0 Å². The first-order valence-corrected chi connectivity index (χ1v) is 10.0. The summed E-state index contributed by atoms with van der Waals surface area (Å²) in [6.45, 7) is 5.29. The molecule has 1 aromatic heterocycles. The highest BCUT2D eigenvalue weighted by atomic mass is 32.2. The Bertz CT molecular complexity index is 566. The highest BCUT2D eigenvalue weighted by Gasteiger charge is 2.25. The maximum Gasteiger partial charge on any atom is 0.241 e. The number of nitrogens with one attached hydrogen (secondary N) is 2. The van der Waals surface area contributed by atoms with E-state index in [-0.39, 0.29) is 0 Å². The molecule has 1 heterocycles. The maximum absolute atomic E-state index is 12.6. The molecule has 0 saturated heterocycles. The van der Waals surface area contributed by atoms with Gasteiger partial charge >= 0.3 is 0 Å². The van der Waals surface area contributed by atoms with E-state index in [1.54, 1.807) is 0 Å². The van der Waals surface area contributed by atoms with Gasteiger partial charge in [-0.25, -0.2) is 13.1 Å². The molecule has 0 aromatic carbocycles. The summed E-state index contributed by atoms with van der Waals surface area (Å²) >= 11 is 1.51. The lowest BCUT2D eigenvalue weighted by Crippen LogP contribution is -2.32. The van der Waals surface area contributed by atoms with Crippen molar-refractivity contribution >= 4 is 21.4 Å². The zero-order valence-electron chi connectivity index (χ0n) is 13.1. The fourth-order valence-electron chi connectivity index (χ4n) is 3.18. The van der Waals surface area contributed by atoms with Crippen LogP contribution in [0.25, 0.3) is 0 Å². The van der Waals surface area contributed by atoms with Gasteiger partial charge < -0.3 is 5.32 Å². The van der Waals surface area contributed by atoms with Crippen molar-refractivity contribution in [2.75, 3.05) is 13.6 Å². The SMILES string of the molecule is CNCc1scc(C)c1S(=O)(=O)NCC1CCCC(C)C1. The lowest BCUT2D eigenvalue weighted by Gasteiger charge is -2.26. The third kappa shape index (κ3) is 4.28. The molecule has 2 atom stereocenters. The Labute approximate surface area is 132 Å². The summed E-state index contributed by atoms with van der Waals surface area (Å²) < 4.78 is 28.0. The first-order valence-electron chi connectivity index (χ1n) is 7.65. The number of thiophene rings is 1. The Morgan fingerprint density at radius 3 is 2.81 bits per heavy atom. The predicted molar refractivity (Wildman–Crippen MR) is 88.1 cm³/mol. The third-order valence-corrected chi connectivity index (χ3v) is 7.09. The molecular weight excluding hydrogens is 304 g/mol. The molecule has 0 bridgehead atoms. The molecule has 1 aliphatic rings. The van der Waals surface area contributed by atoms with E-state index in [0.29, 0.717) is 23.9 Å². The van der Waals surface area contributed by atoms with Crippen LogP contribution in [0.3, 0.4) is 0 Å². The Morgan fingerprint density at radius 1 is 1.38 bits per heavy atom. The van der Waals surface area contributed by atoms with Gasteiger partial charge in [-0.3, -0.25) is 0 Å². The van der Waals surface area contributed by atoms with Gasteiger partial charge in [0.25, 0.3) is 0 Å². The second kappa shape index (κ2) is 7.22. The van der Waals surface area contributed by atoms with Crippen LogP contribution >= 0.6 is 11.3 Å². The third-order valence-electron chi connectivity index (χ3n) is 4.20. The van der Waals surface area contributed by atoms with E-state index in [1.165, 1.54) is 24.2 Å². The van der Waals surface area contributed by atoms with Crippen LogP contribution in [0.15, 0.2) is 10.3 Å². The molecule has 1 aliphatic carbocycles. The molecule has 2 rings (SSSR count). The summed E-state index contributed by atoms with van der Waals surface area (Å²) in [6, 6.07) is 0. The highest BCUT2D eigenvalue weighted by Crippen LogP contribution is 2.30. The minimum Gasteiger partial charge on any atom is -0.315 e. The molecule has 2 N–H and O–H groups in total. The van der Waals surface area contributed by atoms with Gasteiger partial charge in [0.2, 0.25) is 10.0 Å². The van der Waals surface area contributed by atoms with E-state index in [4.69, 9.17) is 0 Å². The Balaban J connectivity index is 2.06. The molecule has 2 unspecified atom stereocenters. The zero-order valence-corrected chi connectivity index (χ0v) is 14.7. The van der Waals surface area contributed by atoms with Gasteiger partial charge in [0, 0.05) is 18.0 Å². The molecule has 1 aromatic rings. The lowest BCUT2D eigenvalue weighted by molar-refractivity contribution is 0.283. The van der Waals surface area contributed by atoms with Gasteiger partial charge in [-0.1, -0.05) is 19.8 Å². The van der Waals surface area contributed by atoms with E-state index in [2.05, 4.69) is 17.0 Å². The summed E-state index contributed by atoms with van der Waals surface area (Å²) in [5.41, 5.74) is 0.842. The smallest absolute Gasteiger partial charge is 0.241 e. The quantitative estimate of drug-likeness (QED) is 0.843. The fraction of sp³-hybridized carbons (Fsp3) is 0.733. The van der Waals surface area contributed by atoms with Crippen molar-refractivity contribution in [1.29, 1.82) is 0 Å². The average Bonchev–Trinajstić information content (AvgIpc) is 2.79. The molecule has 120 valence electrons. The minimum absolute atomic E-state index is 0.478. The molecule has 1 saturated carbocycles. The standard InChI is InChI=1S/C15H26N2O2S2/c1-11-5-4-6-13(7-11)8-17-21(18,19)15-12(2)10-20-14(15)9-16-3/h10-11,13,16-17H,4-9H2,1-3H3. The van der Waals surface area contributed by atoms with E-state index >= 15 is 0 Å². The van der Waals surface area contributed by atoms with Crippen molar-refractivity contribution < 1.29 is 8.42 Å². The molecule has 21 heavy (non-hydrogen) atoms. The van der Waals surface area contributed by atoms with Crippen LogP contribution in [0.1, 0.15) is 43.0 Å². The van der Waals surface area contributed by atoms with E-state index in [9.17, 15) is 8.42 Å². The van der Waals surface area contributed by atoms with Crippen molar-refractivity contribution in [1.82, 2.24) is 10.0 Å². The maximum atomic E-state index is 12.6. The number of hydrogen-bond acceptors (Lipinski definition) is 4. The number of rotatable bonds is 6. The minimum atomic E-state index is -3.40. The van der Waals surface area contributed by atoms with Crippen LogP contribution in [0, 0.1) is 18.8 Å². The molecule has 1 fully saturated rings. The first-order chi connectivity index (χ1) is 9.94. The normalized spacial score (nSPS) is 23.4. The number of sulfonamides is 1. The van der Waals surface area contributed by atoms with Gasteiger partial charge in [0.1, 0.15) is 4.90 Å². The van der Waals surface area contributed by atoms with Crippen LogP contribution < -0.4 is 10.0 Å². The molecular formula is C15H26N2O2S2. The summed E-state index contributed by atoms with van der Waals surface area (Å²) in [5, 5.41) is 4.96. The molecule has 0 amide bonds. The van der Waals surface area contributed by atoms with Crippen LogP contribution in [-0.4, -0.2) is 22.0 Å². The zero-order chi connectivity index (χ0) is 15.5. The van der Waals surface area contributed by atoms with Crippen molar-refractivity contribution in [3.63, 3.8) is 0 Å². The van der Waals surface area contributed by atoms with Crippen molar-refractivity contribution in [3.8, 4) is 0 Å². The summed E-state index contributed by atoms with van der Waals surface area (Å²) in [7, 11) is -1.56. The van der Waals surface area contributed by atoms with Gasteiger partial charge in [-0.05, 0) is 49.6 Å². The molecule has 0 spiro atoms. The monoisotopic (exact) mass is 330 g/mol. The molecule has 4 nitrogen and oxygen atoms in total. The predicted octanol–water partition coefficient (Wildman–Crippen LogP) is 2.88. The Morgan fingerprint density at radius 2 is 2.14 bits per heavy atom. The van der Waals surface area contributed by atoms with Crippen LogP contribution in [0.2, 0.25) is 0 Å². The van der Waals surface area contributed by atoms with Crippen LogP contribution in [-0.2, 0) is 16.6 Å². The fourth-order valence-corrected chi connectivity index (χ4v) is 6.11. The summed E-state index contributed by atoms with van der Waals surface area (Å²) in [4.78, 5) is 1.37. The summed E-state index contributed by atoms with van der Waals surface area (Å²) in [5.74, 6) is 1.20. The van der Waals surface area contributed by atoms with E-state index in [0.717, 1.165) is 29.2 Å². The first kappa shape index (κ1) is 16.9. The summed E-state index contributed by atoms with van der Waals surface area (Å²) in [6.07, 6.45) is 4.77.